The molecule has 0 aliphatic carbocycles. The highest BCUT2D eigenvalue weighted by atomic mass is 127. The maximum atomic E-state index is 13.3. The molecule has 2 aromatic rings. The molecule has 0 spiro atoms. The Labute approximate surface area is 106 Å². The number of nitrogens with zero attached hydrogens (tertiary/aromatic N) is 1. The lowest BCUT2D eigenvalue weighted by molar-refractivity contribution is 0.103. The molecule has 0 unspecified atom stereocenters. The van der Waals surface area contributed by atoms with E-state index in [1.165, 1.54) is 18.5 Å². The smallest absolute Gasteiger partial charge is 0.193 e. The van der Waals surface area contributed by atoms with Crippen molar-refractivity contribution in [3.63, 3.8) is 0 Å². The number of rotatable bonds is 2. The molecular weight excluding hydrogens is 320 g/mol. The molecule has 0 amide bonds. The molecule has 1 aromatic heterocycles. The monoisotopic (exact) mass is 327 g/mol. The van der Waals surface area contributed by atoms with E-state index in [0.29, 0.717) is 14.7 Å². The van der Waals surface area contributed by atoms with E-state index in [1.54, 1.807) is 24.3 Å². The van der Waals surface area contributed by atoms with Crippen LogP contribution in [0, 0.1) is 9.39 Å². The molecule has 0 aliphatic heterocycles. The molecule has 0 atom stereocenters. The zero-order valence-corrected chi connectivity index (χ0v) is 10.3. The van der Waals surface area contributed by atoms with Crippen LogP contribution in [-0.4, -0.2) is 10.8 Å². The first kappa shape index (κ1) is 11.2. The summed E-state index contributed by atoms with van der Waals surface area (Å²) in [5.74, 6) is -0.571. The second kappa shape index (κ2) is 4.69. The molecule has 0 saturated carbocycles. The van der Waals surface area contributed by atoms with Gasteiger partial charge in [0, 0.05) is 27.1 Å². The van der Waals surface area contributed by atoms with Crippen molar-refractivity contribution in [2.24, 2.45) is 0 Å². The number of hydrogen-bond acceptors (Lipinski definition) is 2. The summed E-state index contributed by atoms with van der Waals surface area (Å²) in [4.78, 5) is 15.7. The van der Waals surface area contributed by atoms with E-state index in [0.717, 1.165) is 0 Å². The van der Waals surface area contributed by atoms with Gasteiger partial charge in [-0.1, -0.05) is 0 Å². The maximum Gasteiger partial charge on any atom is 0.193 e. The average molecular weight is 327 g/mol. The Bertz CT molecular complexity index is 528. The third kappa shape index (κ3) is 2.27. The van der Waals surface area contributed by atoms with Gasteiger partial charge >= 0.3 is 0 Å². The third-order valence-corrected chi connectivity index (χ3v) is 3.00. The molecule has 0 aliphatic rings. The second-order valence-electron chi connectivity index (χ2n) is 3.19. The topological polar surface area (TPSA) is 30.0 Å². The fourth-order valence-electron chi connectivity index (χ4n) is 1.31. The van der Waals surface area contributed by atoms with E-state index in [1.807, 2.05) is 22.6 Å². The lowest BCUT2D eigenvalue weighted by Crippen LogP contribution is -2.02. The Morgan fingerprint density at radius 1 is 1.12 bits per heavy atom. The van der Waals surface area contributed by atoms with Gasteiger partial charge in [-0.2, -0.15) is 0 Å². The summed E-state index contributed by atoms with van der Waals surface area (Å²) in [5, 5.41) is 0. The van der Waals surface area contributed by atoms with E-state index >= 15 is 0 Å². The largest absolute Gasteiger partial charge is 0.289 e. The van der Waals surface area contributed by atoms with Crippen molar-refractivity contribution >= 4 is 28.4 Å². The minimum absolute atomic E-state index is 0.197. The Balaban J connectivity index is 2.39. The average Bonchev–Trinajstić information content (AvgIpc) is 2.33. The van der Waals surface area contributed by atoms with Gasteiger partial charge in [0.1, 0.15) is 5.82 Å². The highest BCUT2D eigenvalue weighted by Crippen LogP contribution is 2.15. The van der Waals surface area contributed by atoms with Gasteiger partial charge in [0.05, 0.1) is 0 Å². The SMILES string of the molecule is O=C(c1ccncc1)c1ccc(I)c(F)c1. The van der Waals surface area contributed by atoms with Crippen LogP contribution in [-0.2, 0) is 0 Å². The summed E-state index contributed by atoms with van der Waals surface area (Å²) < 4.78 is 13.8. The molecule has 16 heavy (non-hydrogen) atoms. The number of ketones is 1. The summed E-state index contributed by atoms with van der Waals surface area (Å²) >= 11 is 1.88. The predicted molar refractivity (Wildman–Crippen MR) is 66.8 cm³/mol. The van der Waals surface area contributed by atoms with E-state index in [-0.39, 0.29) is 11.6 Å². The first-order valence-corrected chi connectivity index (χ1v) is 5.66. The van der Waals surface area contributed by atoms with Crippen molar-refractivity contribution in [3.05, 3.63) is 63.2 Å². The van der Waals surface area contributed by atoms with Crippen molar-refractivity contribution in [2.45, 2.75) is 0 Å². The highest BCUT2D eigenvalue weighted by Gasteiger charge is 2.10. The molecule has 80 valence electrons. The van der Waals surface area contributed by atoms with Crippen molar-refractivity contribution in [1.29, 1.82) is 0 Å². The summed E-state index contributed by atoms with van der Waals surface area (Å²) in [7, 11) is 0. The second-order valence-corrected chi connectivity index (χ2v) is 4.36. The molecule has 0 bridgehead atoms. The number of pyridine rings is 1. The zero-order chi connectivity index (χ0) is 11.5. The van der Waals surface area contributed by atoms with Crippen molar-refractivity contribution in [1.82, 2.24) is 4.98 Å². The molecule has 4 heteroatoms. The van der Waals surface area contributed by atoms with Crippen LogP contribution in [0.1, 0.15) is 15.9 Å². The standard InChI is InChI=1S/C12H7FINO/c13-10-7-9(1-2-11(10)14)12(16)8-3-5-15-6-4-8/h1-7H. The summed E-state index contributed by atoms with van der Waals surface area (Å²) in [5.41, 5.74) is 0.861. The first-order valence-electron chi connectivity index (χ1n) is 4.58. The van der Waals surface area contributed by atoms with E-state index in [4.69, 9.17) is 0 Å². The van der Waals surface area contributed by atoms with Crippen LogP contribution in [0.2, 0.25) is 0 Å². The van der Waals surface area contributed by atoms with Gasteiger partial charge in [0.2, 0.25) is 0 Å². The maximum absolute atomic E-state index is 13.3. The molecule has 0 saturated heterocycles. The molecule has 0 radical (unpaired) electrons. The van der Waals surface area contributed by atoms with Gasteiger partial charge < -0.3 is 0 Å². The minimum atomic E-state index is -0.375. The van der Waals surface area contributed by atoms with Crippen LogP contribution in [0.25, 0.3) is 0 Å². The van der Waals surface area contributed by atoms with Crippen LogP contribution in [0.3, 0.4) is 0 Å². The number of benzene rings is 1. The van der Waals surface area contributed by atoms with Crippen LogP contribution >= 0.6 is 22.6 Å². The molecule has 2 nitrogen and oxygen atoms in total. The molecular formula is C12H7FINO. The van der Waals surface area contributed by atoms with Crippen LogP contribution in [0.4, 0.5) is 4.39 Å². The zero-order valence-electron chi connectivity index (χ0n) is 8.15. The lowest BCUT2D eigenvalue weighted by Gasteiger charge is -2.01. The van der Waals surface area contributed by atoms with E-state index in [2.05, 4.69) is 4.98 Å². The number of carbonyl (C=O) groups excluding carboxylic acids is 1. The van der Waals surface area contributed by atoms with E-state index in [9.17, 15) is 9.18 Å². The van der Waals surface area contributed by atoms with Crippen molar-refractivity contribution < 1.29 is 9.18 Å². The molecule has 1 aromatic carbocycles. The van der Waals surface area contributed by atoms with E-state index < -0.39 is 0 Å². The Kier molecular flexibility index (Phi) is 3.28. The first-order chi connectivity index (χ1) is 7.68. The highest BCUT2D eigenvalue weighted by molar-refractivity contribution is 14.1. The van der Waals surface area contributed by atoms with Crippen LogP contribution < -0.4 is 0 Å². The molecule has 2 rings (SSSR count). The predicted octanol–water partition coefficient (Wildman–Crippen LogP) is 3.06. The fourth-order valence-corrected chi connectivity index (χ4v) is 1.64. The van der Waals surface area contributed by atoms with Gasteiger partial charge in [-0.05, 0) is 52.9 Å². The Hall–Kier alpha value is -1.30. The Morgan fingerprint density at radius 3 is 2.44 bits per heavy atom. The fraction of sp³-hybridized carbons (Fsp3) is 0. The van der Waals surface area contributed by atoms with Crippen LogP contribution in [0.5, 0.6) is 0 Å². The third-order valence-electron chi connectivity index (χ3n) is 2.12. The molecule has 1 heterocycles. The number of halogens is 2. The quantitative estimate of drug-likeness (QED) is 0.627. The molecule has 0 N–H and O–H groups in total. The van der Waals surface area contributed by atoms with Crippen LogP contribution in [0.15, 0.2) is 42.7 Å². The van der Waals surface area contributed by atoms with Gasteiger partial charge in [0.15, 0.2) is 5.78 Å². The van der Waals surface area contributed by atoms with Crippen molar-refractivity contribution in [3.8, 4) is 0 Å². The normalized spacial score (nSPS) is 10.1. The Morgan fingerprint density at radius 2 is 1.81 bits per heavy atom. The summed E-state index contributed by atoms with van der Waals surface area (Å²) in [6.45, 7) is 0. The van der Waals surface area contributed by atoms with Gasteiger partial charge in [-0.25, -0.2) is 4.39 Å². The lowest BCUT2D eigenvalue weighted by atomic mass is 10.0. The van der Waals surface area contributed by atoms with Crippen molar-refractivity contribution in [2.75, 3.05) is 0 Å². The summed E-state index contributed by atoms with van der Waals surface area (Å²) in [6, 6.07) is 7.68. The van der Waals surface area contributed by atoms with Gasteiger partial charge in [-0.3, -0.25) is 9.78 Å². The number of aromatic nitrogens is 1. The van der Waals surface area contributed by atoms with Gasteiger partial charge in [-0.15, -0.1) is 0 Å². The summed E-state index contributed by atoms with van der Waals surface area (Å²) in [6.07, 6.45) is 3.08. The molecule has 0 fully saturated rings. The number of carbonyl (C=O) groups is 1. The minimum Gasteiger partial charge on any atom is -0.289 e. The van der Waals surface area contributed by atoms with Gasteiger partial charge in [0.25, 0.3) is 0 Å². The number of hydrogen-bond donors (Lipinski definition) is 0.